The monoisotopic (exact) mass is 488 g/mol. The molecule has 5 heteroatoms. The minimum absolute atomic E-state index is 0.0788. The van der Waals surface area contributed by atoms with Crippen molar-refractivity contribution >= 4 is 45.7 Å². The third kappa shape index (κ3) is 4.75. The number of ketones is 1. The van der Waals surface area contributed by atoms with Crippen molar-refractivity contribution in [3.8, 4) is 0 Å². The van der Waals surface area contributed by atoms with Crippen LogP contribution in [-0.2, 0) is 4.79 Å². The fraction of sp³-hybridized carbons (Fsp3) is 0.207. The molecule has 4 rings (SSSR count). The van der Waals surface area contributed by atoms with Crippen molar-refractivity contribution in [2.75, 3.05) is 19.1 Å². The van der Waals surface area contributed by atoms with E-state index >= 15 is 0 Å². The van der Waals surface area contributed by atoms with Gasteiger partial charge in [-0.05, 0) is 46.7 Å². The zero-order chi connectivity index (χ0) is 24.5. The second kappa shape index (κ2) is 9.65. The molecule has 0 saturated heterocycles. The second-order valence-corrected chi connectivity index (χ2v) is 10.7. The van der Waals surface area contributed by atoms with E-state index in [-0.39, 0.29) is 11.2 Å². The highest BCUT2D eigenvalue weighted by molar-refractivity contribution is 7.11. The molecule has 0 amide bonds. The Morgan fingerprint density at radius 3 is 2.18 bits per heavy atom. The first-order valence-corrected chi connectivity index (χ1v) is 12.5. The molecule has 1 heterocycles. The standard InChI is InChI=1S/C29H29ClN2OS/c1-29(2,3)23-19-21(18-22(28(23)33)20-12-7-6-8-13-20)27(26-16-11-17-34-26)32(5)31(4)25-15-10-9-14-24(25)30/h6-19H,1-5H3/b27-21-. The third-order valence-corrected chi connectivity index (χ3v) is 7.18. The summed E-state index contributed by atoms with van der Waals surface area (Å²) in [5.41, 5.74) is 5.04. The summed E-state index contributed by atoms with van der Waals surface area (Å²) in [5.74, 6) is 0.0788. The Balaban J connectivity index is 1.96. The third-order valence-electron chi connectivity index (χ3n) is 5.98. The van der Waals surface area contributed by atoms with Crippen LogP contribution in [0.25, 0.3) is 11.3 Å². The first-order chi connectivity index (χ1) is 16.2. The van der Waals surface area contributed by atoms with E-state index in [1.54, 1.807) is 11.3 Å². The molecule has 0 saturated carbocycles. The van der Waals surface area contributed by atoms with Gasteiger partial charge in [-0.2, -0.15) is 0 Å². The van der Waals surface area contributed by atoms with Crippen LogP contribution in [0.2, 0.25) is 5.02 Å². The molecule has 0 radical (unpaired) electrons. The summed E-state index contributed by atoms with van der Waals surface area (Å²) in [4.78, 5) is 14.7. The molecule has 34 heavy (non-hydrogen) atoms. The number of allylic oxidation sites excluding steroid dienone is 5. The number of benzene rings is 2. The van der Waals surface area contributed by atoms with E-state index in [4.69, 9.17) is 11.6 Å². The van der Waals surface area contributed by atoms with E-state index in [0.717, 1.165) is 33.0 Å². The summed E-state index contributed by atoms with van der Waals surface area (Å²) in [7, 11) is 4.03. The van der Waals surface area contributed by atoms with Gasteiger partial charge in [0.05, 0.1) is 21.3 Å². The van der Waals surface area contributed by atoms with E-state index in [1.165, 1.54) is 0 Å². The fourth-order valence-corrected chi connectivity index (χ4v) is 5.16. The molecular formula is C29H29ClN2OS. The molecule has 1 aliphatic carbocycles. The summed E-state index contributed by atoms with van der Waals surface area (Å²) in [5, 5.41) is 6.90. The summed E-state index contributed by atoms with van der Waals surface area (Å²) < 4.78 is 0. The van der Waals surface area contributed by atoms with Crippen LogP contribution in [0.1, 0.15) is 31.2 Å². The number of halogens is 1. The Morgan fingerprint density at radius 1 is 0.882 bits per heavy atom. The number of rotatable bonds is 5. The zero-order valence-corrected chi connectivity index (χ0v) is 21.7. The van der Waals surface area contributed by atoms with Crippen LogP contribution in [0.5, 0.6) is 0 Å². The van der Waals surface area contributed by atoms with Crippen LogP contribution in [-0.4, -0.2) is 24.9 Å². The number of anilines is 1. The van der Waals surface area contributed by atoms with Crippen LogP contribution in [0.3, 0.4) is 0 Å². The highest BCUT2D eigenvalue weighted by Crippen LogP contribution is 2.40. The fourth-order valence-electron chi connectivity index (χ4n) is 4.08. The smallest absolute Gasteiger partial charge is 0.190 e. The van der Waals surface area contributed by atoms with Gasteiger partial charge in [0.15, 0.2) is 5.78 Å². The molecule has 0 spiro atoms. The summed E-state index contributed by atoms with van der Waals surface area (Å²) in [6, 6.07) is 21.9. The minimum atomic E-state index is -0.301. The number of hydrogen-bond donors (Lipinski definition) is 0. The molecule has 0 bridgehead atoms. The molecule has 0 atom stereocenters. The van der Waals surface area contributed by atoms with Gasteiger partial charge in [-0.15, -0.1) is 11.3 Å². The van der Waals surface area contributed by atoms with E-state index in [2.05, 4.69) is 43.3 Å². The first-order valence-electron chi connectivity index (χ1n) is 11.2. The lowest BCUT2D eigenvalue weighted by molar-refractivity contribution is -0.111. The van der Waals surface area contributed by atoms with Gasteiger partial charge in [0.25, 0.3) is 0 Å². The Labute approximate surface area is 211 Å². The number of carbonyl (C=O) groups is 1. The lowest BCUT2D eigenvalue weighted by atomic mass is 9.76. The summed E-state index contributed by atoms with van der Waals surface area (Å²) in [6.45, 7) is 6.27. The number of para-hydroxylation sites is 1. The second-order valence-electron chi connectivity index (χ2n) is 9.34. The Hall–Kier alpha value is -3.08. The number of nitrogens with zero attached hydrogens (tertiary/aromatic N) is 2. The number of carbonyl (C=O) groups excluding carboxylic acids is 1. The predicted octanol–water partition coefficient (Wildman–Crippen LogP) is 7.73. The van der Waals surface area contributed by atoms with Gasteiger partial charge in [-0.25, -0.2) is 0 Å². The predicted molar refractivity (Wildman–Crippen MR) is 146 cm³/mol. The Morgan fingerprint density at radius 2 is 1.56 bits per heavy atom. The molecule has 0 aliphatic heterocycles. The molecule has 3 nitrogen and oxygen atoms in total. The molecule has 3 aromatic rings. The van der Waals surface area contributed by atoms with E-state index in [1.807, 2.05) is 85.8 Å². The lowest BCUT2D eigenvalue weighted by Crippen LogP contribution is -2.36. The molecule has 2 aromatic carbocycles. The van der Waals surface area contributed by atoms with E-state index in [0.29, 0.717) is 10.6 Å². The first kappa shape index (κ1) is 24.1. The van der Waals surface area contributed by atoms with Gasteiger partial charge in [0.2, 0.25) is 0 Å². The van der Waals surface area contributed by atoms with Crippen molar-refractivity contribution < 1.29 is 4.79 Å². The average Bonchev–Trinajstić information content (AvgIpc) is 3.34. The zero-order valence-electron chi connectivity index (χ0n) is 20.2. The SMILES string of the molecule is CN(/C(=C1/C=C(c2ccccc2)C(=O)C(C(C)(C)C)=C1)c1cccs1)N(C)c1ccccc1Cl. The normalized spacial score (nSPS) is 15.5. The number of thiophene rings is 1. The van der Waals surface area contributed by atoms with Gasteiger partial charge in [-0.1, -0.05) is 80.9 Å². The van der Waals surface area contributed by atoms with Crippen molar-refractivity contribution in [2.24, 2.45) is 5.41 Å². The summed E-state index contributed by atoms with van der Waals surface area (Å²) >= 11 is 8.21. The number of Topliss-reactive ketones (excluding diaryl/α,β-unsaturated/α-hetero) is 1. The van der Waals surface area contributed by atoms with Gasteiger partial charge < -0.3 is 0 Å². The van der Waals surface area contributed by atoms with Gasteiger partial charge in [0, 0.05) is 30.8 Å². The Bertz CT molecular complexity index is 1280. The maximum Gasteiger partial charge on any atom is 0.190 e. The molecule has 1 aliphatic rings. The van der Waals surface area contributed by atoms with Gasteiger partial charge in [-0.3, -0.25) is 14.8 Å². The molecular weight excluding hydrogens is 460 g/mol. The minimum Gasteiger partial charge on any atom is -0.289 e. The van der Waals surface area contributed by atoms with E-state index in [9.17, 15) is 4.79 Å². The molecule has 174 valence electrons. The van der Waals surface area contributed by atoms with Crippen molar-refractivity contribution in [3.05, 3.63) is 111 Å². The maximum atomic E-state index is 13.6. The maximum absolute atomic E-state index is 13.6. The molecule has 0 N–H and O–H groups in total. The van der Waals surface area contributed by atoms with Gasteiger partial charge in [0.1, 0.15) is 0 Å². The molecule has 0 unspecified atom stereocenters. The van der Waals surface area contributed by atoms with Crippen LogP contribution in [0, 0.1) is 5.41 Å². The van der Waals surface area contributed by atoms with Crippen molar-refractivity contribution in [2.45, 2.75) is 20.8 Å². The van der Waals surface area contributed by atoms with Crippen molar-refractivity contribution in [1.82, 2.24) is 5.01 Å². The molecule has 0 fully saturated rings. The highest BCUT2D eigenvalue weighted by atomic mass is 35.5. The van der Waals surface area contributed by atoms with Gasteiger partial charge >= 0.3 is 0 Å². The summed E-state index contributed by atoms with van der Waals surface area (Å²) in [6.07, 6.45) is 4.08. The number of hydrazine groups is 1. The highest BCUT2D eigenvalue weighted by Gasteiger charge is 2.31. The van der Waals surface area contributed by atoms with Crippen molar-refractivity contribution in [1.29, 1.82) is 0 Å². The molecule has 1 aromatic heterocycles. The van der Waals surface area contributed by atoms with Crippen LogP contribution < -0.4 is 5.01 Å². The average molecular weight is 489 g/mol. The topological polar surface area (TPSA) is 23.6 Å². The Kier molecular flexibility index (Phi) is 6.83. The van der Waals surface area contributed by atoms with E-state index < -0.39 is 0 Å². The van der Waals surface area contributed by atoms with Crippen LogP contribution in [0.4, 0.5) is 5.69 Å². The van der Waals surface area contributed by atoms with Crippen LogP contribution in [0.15, 0.2) is 95.4 Å². The quantitative estimate of drug-likeness (QED) is 0.343. The lowest BCUT2D eigenvalue weighted by Gasteiger charge is -2.36. The largest absolute Gasteiger partial charge is 0.289 e. The van der Waals surface area contributed by atoms with Crippen LogP contribution >= 0.6 is 22.9 Å². The number of hydrogen-bond acceptors (Lipinski definition) is 4. The van der Waals surface area contributed by atoms with Crippen molar-refractivity contribution in [3.63, 3.8) is 0 Å².